The Balaban J connectivity index is 2.42. The van der Waals surface area contributed by atoms with Gasteiger partial charge in [-0.2, -0.15) is 5.10 Å². The molecule has 2 rings (SSSR count). The van der Waals surface area contributed by atoms with Crippen LogP contribution in [0.1, 0.15) is 0 Å². The van der Waals surface area contributed by atoms with Gasteiger partial charge in [-0.05, 0) is 12.1 Å². The number of nitro groups is 1. The molecule has 0 radical (unpaired) electrons. The van der Waals surface area contributed by atoms with E-state index in [1.165, 1.54) is 31.6 Å². The molecule has 0 spiro atoms. The quantitative estimate of drug-likeness (QED) is 0.629. The third kappa shape index (κ3) is 2.69. The molecule has 0 unspecified atom stereocenters. The van der Waals surface area contributed by atoms with Crippen molar-refractivity contribution in [2.45, 2.75) is 4.90 Å². The molecule has 10 heteroatoms. The molecule has 0 atom stereocenters. The molecule has 106 valence electrons. The van der Waals surface area contributed by atoms with Crippen LogP contribution in [-0.4, -0.2) is 30.6 Å². The van der Waals surface area contributed by atoms with Gasteiger partial charge in [-0.1, -0.05) is 0 Å². The number of benzene rings is 1. The first-order valence-corrected chi connectivity index (χ1v) is 6.76. The number of ether oxygens (including phenoxy) is 1. The van der Waals surface area contributed by atoms with Crippen LogP contribution in [0.2, 0.25) is 0 Å². The Morgan fingerprint density at radius 3 is 2.75 bits per heavy atom. The Morgan fingerprint density at radius 2 is 2.20 bits per heavy atom. The fraction of sp³-hybridized carbons (Fsp3) is 0.100. The average Bonchev–Trinajstić information content (AvgIpc) is 2.89. The summed E-state index contributed by atoms with van der Waals surface area (Å²) in [5, 5.41) is 16.9. The van der Waals surface area contributed by atoms with Crippen LogP contribution in [0.15, 0.2) is 35.5 Å². The highest BCUT2D eigenvalue weighted by atomic mass is 32.2. The number of aromatic nitrogens is 2. The zero-order chi connectivity index (χ0) is 14.8. The maximum absolute atomic E-state index is 12.1. The average molecular weight is 298 g/mol. The molecule has 20 heavy (non-hydrogen) atoms. The lowest BCUT2D eigenvalue weighted by Gasteiger charge is -2.07. The van der Waals surface area contributed by atoms with E-state index in [0.717, 1.165) is 6.07 Å². The second-order valence-electron chi connectivity index (χ2n) is 3.68. The summed E-state index contributed by atoms with van der Waals surface area (Å²) in [4.78, 5) is 9.92. The molecule has 0 aliphatic heterocycles. The van der Waals surface area contributed by atoms with Crippen molar-refractivity contribution < 1.29 is 18.1 Å². The van der Waals surface area contributed by atoms with Crippen LogP contribution in [0.4, 0.5) is 11.4 Å². The molecule has 2 aromatic rings. The summed E-state index contributed by atoms with van der Waals surface area (Å²) in [5.41, 5.74) is -0.203. The molecule has 9 nitrogen and oxygen atoms in total. The zero-order valence-electron chi connectivity index (χ0n) is 10.2. The van der Waals surface area contributed by atoms with Crippen LogP contribution in [0.25, 0.3) is 0 Å². The molecule has 0 aliphatic carbocycles. The highest BCUT2D eigenvalue weighted by molar-refractivity contribution is 7.92. The summed E-state index contributed by atoms with van der Waals surface area (Å²) in [6.45, 7) is 0. The van der Waals surface area contributed by atoms with Crippen molar-refractivity contribution in [1.82, 2.24) is 10.2 Å². The van der Waals surface area contributed by atoms with Gasteiger partial charge in [-0.25, -0.2) is 8.42 Å². The van der Waals surface area contributed by atoms with Gasteiger partial charge in [-0.15, -0.1) is 0 Å². The second kappa shape index (κ2) is 5.17. The first-order valence-electron chi connectivity index (χ1n) is 5.28. The normalized spacial score (nSPS) is 11.1. The zero-order valence-corrected chi connectivity index (χ0v) is 11.0. The Labute approximate surface area is 113 Å². The van der Waals surface area contributed by atoms with Crippen molar-refractivity contribution in [3.8, 4) is 5.75 Å². The summed E-state index contributed by atoms with van der Waals surface area (Å²) < 4.78 is 31.2. The predicted octanol–water partition coefficient (Wildman–Crippen LogP) is 1.13. The lowest BCUT2D eigenvalue weighted by molar-refractivity contribution is -0.386. The molecule has 1 aromatic carbocycles. The van der Waals surface area contributed by atoms with E-state index in [2.05, 4.69) is 14.9 Å². The molecule has 0 amide bonds. The van der Waals surface area contributed by atoms with Gasteiger partial charge < -0.3 is 4.74 Å². The van der Waals surface area contributed by atoms with E-state index in [1.807, 2.05) is 0 Å². The Morgan fingerprint density at radius 1 is 1.45 bits per heavy atom. The predicted molar refractivity (Wildman–Crippen MR) is 69.0 cm³/mol. The molecule has 1 aromatic heterocycles. The van der Waals surface area contributed by atoms with Crippen LogP contribution in [0.3, 0.4) is 0 Å². The number of aromatic amines is 1. The summed E-state index contributed by atoms with van der Waals surface area (Å²) in [6.07, 6.45) is 2.62. The van der Waals surface area contributed by atoms with Gasteiger partial charge in [0.1, 0.15) is 0 Å². The number of H-pyrrole nitrogens is 1. The highest BCUT2D eigenvalue weighted by Gasteiger charge is 2.22. The molecular weight excluding hydrogens is 288 g/mol. The van der Waals surface area contributed by atoms with Crippen molar-refractivity contribution >= 4 is 21.4 Å². The van der Waals surface area contributed by atoms with Crippen molar-refractivity contribution in [3.05, 3.63) is 40.7 Å². The lowest BCUT2D eigenvalue weighted by atomic mass is 10.3. The maximum atomic E-state index is 12.1. The number of methoxy groups -OCH3 is 1. The summed E-state index contributed by atoms with van der Waals surface area (Å²) in [7, 11) is -2.67. The summed E-state index contributed by atoms with van der Waals surface area (Å²) in [5.74, 6) is -0.0164. The van der Waals surface area contributed by atoms with Crippen LogP contribution in [0, 0.1) is 10.1 Å². The smallest absolute Gasteiger partial charge is 0.312 e. The number of hydrogen-bond acceptors (Lipinski definition) is 6. The Hall–Kier alpha value is -2.62. The molecule has 0 saturated heterocycles. The molecule has 0 saturated carbocycles. The van der Waals surface area contributed by atoms with E-state index in [9.17, 15) is 18.5 Å². The fourth-order valence-electron chi connectivity index (χ4n) is 1.50. The van der Waals surface area contributed by atoms with Crippen LogP contribution < -0.4 is 9.46 Å². The fourth-order valence-corrected chi connectivity index (χ4v) is 2.55. The molecule has 1 heterocycles. The van der Waals surface area contributed by atoms with Gasteiger partial charge in [0.2, 0.25) is 0 Å². The first-order chi connectivity index (χ1) is 9.44. The molecule has 2 N–H and O–H groups in total. The highest BCUT2D eigenvalue weighted by Crippen LogP contribution is 2.29. The SMILES string of the molecule is COc1ccc(S(=O)(=O)Nc2cn[nH]c2)cc1[N+](=O)[O-]. The van der Waals surface area contributed by atoms with Gasteiger partial charge >= 0.3 is 5.69 Å². The van der Waals surface area contributed by atoms with Gasteiger partial charge in [0, 0.05) is 12.3 Å². The van der Waals surface area contributed by atoms with E-state index in [-0.39, 0.29) is 16.3 Å². The minimum Gasteiger partial charge on any atom is -0.490 e. The van der Waals surface area contributed by atoms with E-state index in [1.54, 1.807) is 0 Å². The van der Waals surface area contributed by atoms with Crippen molar-refractivity contribution in [1.29, 1.82) is 0 Å². The minimum atomic E-state index is -3.93. The first kappa shape index (κ1) is 13.8. The lowest BCUT2D eigenvalue weighted by Crippen LogP contribution is -2.12. The van der Waals surface area contributed by atoms with E-state index < -0.39 is 20.6 Å². The Bertz CT molecular complexity index is 726. The van der Waals surface area contributed by atoms with Crippen molar-refractivity contribution in [2.24, 2.45) is 0 Å². The topological polar surface area (TPSA) is 127 Å². The third-order valence-corrected chi connectivity index (χ3v) is 3.79. The molecule has 0 aliphatic rings. The molecule has 0 bridgehead atoms. The van der Waals surface area contributed by atoms with E-state index in [4.69, 9.17) is 4.74 Å². The number of nitrogens with one attached hydrogen (secondary N) is 2. The number of nitrogens with zero attached hydrogens (tertiary/aromatic N) is 2. The molecular formula is C10H10N4O5S. The third-order valence-electron chi connectivity index (χ3n) is 2.41. The van der Waals surface area contributed by atoms with E-state index >= 15 is 0 Å². The number of rotatable bonds is 5. The Kier molecular flexibility index (Phi) is 3.57. The van der Waals surface area contributed by atoms with E-state index in [0.29, 0.717) is 0 Å². The van der Waals surface area contributed by atoms with Gasteiger partial charge in [0.25, 0.3) is 10.0 Å². The summed E-state index contributed by atoms with van der Waals surface area (Å²) >= 11 is 0. The largest absolute Gasteiger partial charge is 0.490 e. The van der Waals surface area contributed by atoms with Gasteiger partial charge in [0.15, 0.2) is 5.75 Å². The number of anilines is 1. The number of hydrogen-bond donors (Lipinski definition) is 2. The maximum Gasteiger partial charge on any atom is 0.312 e. The van der Waals surface area contributed by atoms with Crippen LogP contribution >= 0.6 is 0 Å². The van der Waals surface area contributed by atoms with Crippen LogP contribution in [0.5, 0.6) is 5.75 Å². The standard InChI is InChI=1S/C10H10N4O5S/c1-19-10-3-2-8(4-9(10)14(15)16)20(17,18)13-7-5-11-12-6-7/h2-6,13H,1H3,(H,11,12). The second-order valence-corrected chi connectivity index (χ2v) is 5.37. The minimum absolute atomic E-state index is 0.0164. The summed E-state index contributed by atoms with van der Waals surface area (Å²) in [6, 6.07) is 3.37. The number of sulfonamides is 1. The van der Waals surface area contributed by atoms with Gasteiger partial charge in [-0.3, -0.25) is 19.9 Å². The van der Waals surface area contributed by atoms with Gasteiger partial charge in [0.05, 0.1) is 28.8 Å². The van der Waals surface area contributed by atoms with Crippen molar-refractivity contribution in [2.75, 3.05) is 11.8 Å². The molecule has 0 fully saturated rings. The van der Waals surface area contributed by atoms with Crippen molar-refractivity contribution in [3.63, 3.8) is 0 Å². The monoisotopic (exact) mass is 298 g/mol. The number of nitro benzene ring substituents is 1. The van der Waals surface area contributed by atoms with Crippen LogP contribution in [-0.2, 0) is 10.0 Å².